The lowest BCUT2D eigenvalue weighted by Crippen LogP contribution is -2.35. The second kappa shape index (κ2) is 5.53. The van der Waals surface area contributed by atoms with Gasteiger partial charge in [-0.15, -0.1) is 0 Å². The lowest BCUT2D eigenvalue weighted by Gasteiger charge is -2.38. The van der Waals surface area contributed by atoms with E-state index in [4.69, 9.17) is 4.99 Å². The minimum absolute atomic E-state index is 0.498. The number of nitrogens with one attached hydrogen (secondary N) is 1. The second-order valence-electron chi connectivity index (χ2n) is 5.79. The van der Waals surface area contributed by atoms with Gasteiger partial charge in [0.2, 0.25) is 0 Å². The van der Waals surface area contributed by atoms with Gasteiger partial charge in [0.15, 0.2) is 5.17 Å². The molecular weight excluding hydrogens is 254 g/mol. The van der Waals surface area contributed by atoms with Gasteiger partial charge in [-0.25, -0.2) is 0 Å². The molecule has 1 fully saturated rings. The maximum absolute atomic E-state index is 4.78. The van der Waals surface area contributed by atoms with Crippen molar-refractivity contribution in [1.82, 2.24) is 4.98 Å². The van der Waals surface area contributed by atoms with Gasteiger partial charge in [0.25, 0.3) is 0 Å². The van der Waals surface area contributed by atoms with Crippen LogP contribution in [0.15, 0.2) is 23.5 Å². The number of aromatic nitrogens is 1. The standard InChI is InChI=1S/C15H21N3S/c1-12-5-8-16-9-13(12)18-14-17-10-15(11-19-14)6-3-2-4-7-15/h5,8-9H,2-4,6-7,10-11H2,1H3,(H,17,18). The first-order valence-corrected chi connectivity index (χ1v) is 8.11. The van der Waals surface area contributed by atoms with E-state index in [9.17, 15) is 0 Å². The van der Waals surface area contributed by atoms with Crippen LogP contribution in [0.5, 0.6) is 0 Å². The molecule has 1 aliphatic heterocycles. The lowest BCUT2D eigenvalue weighted by molar-refractivity contribution is 0.232. The molecule has 2 aliphatic rings. The Morgan fingerprint density at radius 3 is 2.79 bits per heavy atom. The van der Waals surface area contributed by atoms with Gasteiger partial charge in [-0.2, -0.15) is 0 Å². The van der Waals surface area contributed by atoms with Crippen molar-refractivity contribution in [2.24, 2.45) is 10.4 Å². The molecular formula is C15H21N3S. The van der Waals surface area contributed by atoms with Crippen molar-refractivity contribution >= 4 is 22.6 Å². The predicted octanol–water partition coefficient (Wildman–Crippen LogP) is 3.86. The van der Waals surface area contributed by atoms with Crippen LogP contribution in [0.3, 0.4) is 0 Å². The van der Waals surface area contributed by atoms with Gasteiger partial charge >= 0.3 is 0 Å². The smallest absolute Gasteiger partial charge is 0.161 e. The fourth-order valence-corrected chi connectivity index (χ4v) is 4.10. The molecule has 0 unspecified atom stereocenters. The third-order valence-corrected chi connectivity index (χ3v) is 5.53. The number of anilines is 1. The molecule has 102 valence electrons. The predicted molar refractivity (Wildman–Crippen MR) is 82.9 cm³/mol. The monoisotopic (exact) mass is 275 g/mol. The molecule has 1 N–H and O–H groups in total. The number of aliphatic imine (C=N–C) groups is 1. The average molecular weight is 275 g/mol. The SMILES string of the molecule is Cc1ccncc1NC1=NCC2(CCCCC2)CS1. The van der Waals surface area contributed by atoms with Crippen molar-refractivity contribution in [3.63, 3.8) is 0 Å². The Hall–Kier alpha value is -1.03. The van der Waals surface area contributed by atoms with Crippen molar-refractivity contribution in [2.75, 3.05) is 17.6 Å². The highest BCUT2D eigenvalue weighted by molar-refractivity contribution is 8.14. The highest BCUT2D eigenvalue weighted by Crippen LogP contribution is 2.41. The number of hydrogen-bond donors (Lipinski definition) is 1. The van der Waals surface area contributed by atoms with E-state index < -0.39 is 0 Å². The molecule has 0 saturated heterocycles. The van der Waals surface area contributed by atoms with Crippen molar-refractivity contribution < 1.29 is 0 Å². The van der Waals surface area contributed by atoms with Crippen LogP contribution in [0.25, 0.3) is 0 Å². The number of nitrogens with zero attached hydrogens (tertiary/aromatic N) is 2. The Labute approximate surface area is 119 Å². The van der Waals surface area contributed by atoms with Gasteiger partial charge in [0.1, 0.15) is 0 Å². The van der Waals surface area contributed by atoms with Crippen LogP contribution in [0.2, 0.25) is 0 Å². The third-order valence-electron chi connectivity index (χ3n) is 4.27. The number of aryl methyl sites for hydroxylation is 1. The minimum Gasteiger partial charge on any atom is -0.334 e. The first-order chi connectivity index (χ1) is 9.27. The summed E-state index contributed by atoms with van der Waals surface area (Å²) in [4.78, 5) is 8.95. The maximum atomic E-state index is 4.78. The molecule has 19 heavy (non-hydrogen) atoms. The van der Waals surface area contributed by atoms with Crippen molar-refractivity contribution in [3.05, 3.63) is 24.0 Å². The lowest BCUT2D eigenvalue weighted by atomic mass is 9.75. The zero-order valence-corrected chi connectivity index (χ0v) is 12.3. The number of rotatable bonds is 1. The molecule has 0 amide bonds. The fraction of sp³-hybridized carbons (Fsp3) is 0.600. The van der Waals surface area contributed by atoms with E-state index in [1.165, 1.54) is 43.4 Å². The zero-order valence-electron chi connectivity index (χ0n) is 11.5. The van der Waals surface area contributed by atoms with E-state index in [-0.39, 0.29) is 0 Å². The van der Waals surface area contributed by atoms with E-state index in [2.05, 4.69) is 17.2 Å². The molecule has 1 aliphatic carbocycles. The first-order valence-electron chi connectivity index (χ1n) is 7.12. The summed E-state index contributed by atoms with van der Waals surface area (Å²) >= 11 is 1.88. The molecule has 1 spiro atoms. The van der Waals surface area contributed by atoms with Gasteiger partial charge in [0.05, 0.1) is 11.9 Å². The Morgan fingerprint density at radius 1 is 1.26 bits per heavy atom. The molecule has 4 heteroatoms. The number of thioether (sulfide) groups is 1. The van der Waals surface area contributed by atoms with Crippen LogP contribution < -0.4 is 5.32 Å². The van der Waals surface area contributed by atoms with Crippen molar-refractivity contribution in [3.8, 4) is 0 Å². The van der Waals surface area contributed by atoms with Gasteiger partial charge in [-0.05, 0) is 36.8 Å². The second-order valence-corrected chi connectivity index (χ2v) is 6.75. The quantitative estimate of drug-likeness (QED) is 0.845. The molecule has 0 bridgehead atoms. The summed E-state index contributed by atoms with van der Waals surface area (Å²) in [5.74, 6) is 1.22. The first kappa shape index (κ1) is 13.0. The van der Waals surface area contributed by atoms with Crippen LogP contribution in [0.4, 0.5) is 5.69 Å². The summed E-state index contributed by atoms with van der Waals surface area (Å²) in [6.07, 6.45) is 10.6. The molecule has 1 saturated carbocycles. The normalized spacial score (nSPS) is 22.1. The number of hydrogen-bond acceptors (Lipinski definition) is 4. The van der Waals surface area contributed by atoms with E-state index in [0.29, 0.717) is 5.41 Å². The van der Waals surface area contributed by atoms with Crippen molar-refractivity contribution in [1.29, 1.82) is 0 Å². The van der Waals surface area contributed by atoms with Gasteiger partial charge in [-0.3, -0.25) is 9.98 Å². The topological polar surface area (TPSA) is 37.3 Å². The number of pyridine rings is 1. The Bertz CT molecular complexity index is 478. The highest BCUT2D eigenvalue weighted by atomic mass is 32.2. The summed E-state index contributed by atoms with van der Waals surface area (Å²) < 4.78 is 0. The Morgan fingerprint density at radius 2 is 2.11 bits per heavy atom. The van der Waals surface area contributed by atoms with Gasteiger partial charge in [0, 0.05) is 18.5 Å². The Kier molecular flexibility index (Phi) is 3.78. The van der Waals surface area contributed by atoms with Gasteiger partial charge in [-0.1, -0.05) is 31.0 Å². The molecule has 2 heterocycles. The fourth-order valence-electron chi connectivity index (χ4n) is 2.94. The zero-order chi connectivity index (χ0) is 13.1. The van der Waals surface area contributed by atoms with Gasteiger partial charge < -0.3 is 5.32 Å². The van der Waals surface area contributed by atoms with E-state index in [1.807, 2.05) is 30.2 Å². The average Bonchev–Trinajstić information content (AvgIpc) is 2.45. The highest BCUT2D eigenvalue weighted by Gasteiger charge is 2.34. The summed E-state index contributed by atoms with van der Waals surface area (Å²) in [6.45, 7) is 3.10. The molecule has 0 aromatic carbocycles. The molecule has 1 aromatic rings. The van der Waals surface area contributed by atoms with E-state index >= 15 is 0 Å². The maximum Gasteiger partial charge on any atom is 0.161 e. The third kappa shape index (κ3) is 2.94. The van der Waals surface area contributed by atoms with E-state index in [1.54, 1.807) is 0 Å². The summed E-state index contributed by atoms with van der Waals surface area (Å²) in [5, 5.41) is 4.48. The molecule has 1 aromatic heterocycles. The molecule has 3 nitrogen and oxygen atoms in total. The Balaban J connectivity index is 1.66. The summed E-state index contributed by atoms with van der Waals surface area (Å²) in [7, 11) is 0. The minimum atomic E-state index is 0.498. The molecule has 0 radical (unpaired) electrons. The van der Waals surface area contributed by atoms with E-state index in [0.717, 1.165) is 17.4 Å². The van der Waals surface area contributed by atoms with Crippen LogP contribution >= 0.6 is 11.8 Å². The largest absolute Gasteiger partial charge is 0.334 e. The van der Waals surface area contributed by atoms with Crippen LogP contribution in [0.1, 0.15) is 37.7 Å². The van der Waals surface area contributed by atoms with Crippen LogP contribution in [0, 0.1) is 12.3 Å². The summed E-state index contributed by atoms with van der Waals surface area (Å²) in [6, 6.07) is 2.03. The number of amidine groups is 1. The van der Waals surface area contributed by atoms with Crippen molar-refractivity contribution in [2.45, 2.75) is 39.0 Å². The van der Waals surface area contributed by atoms with Crippen LogP contribution in [-0.2, 0) is 0 Å². The summed E-state index contributed by atoms with van der Waals surface area (Å²) in [5.41, 5.74) is 2.79. The van der Waals surface area contributed by atoms with Crippen LogP contribution in [-0.4, -0.2) is 22.4 Å². The molecule has 0 atom stereocenters. The molecule has 3 rings (SSSR count).